The van der Waals surface area contributed by atoms with E-state index < -0.39 is 0 Å². The third-order valence-electron chi connectivity index (χ3n) is 2.75. The summed E-state index contributed by atoms with van der Waals surface area (Å²) in [6, 6.07) is 7.77. The van der Waals surface area contributed by atoms with Gasteiger partial charge in [-0.2, -0.15) is 0 Å². The monoisotopic (exact) mass is 295 g/mol. The highest BCUT2D eigenvalue weighted by molar-refractivity contribution is 5.85. The van der Waals surface area contributed by atoms with Crippen LogP contribution < -0.4 is 14.8 Å². The van der Waals surface area contributed by atoms with Crippen LogP contribution in [0.15, 0.2) is 36.8 Å². The lowest BCUT2D eigenvalue weighted by molar-refractivity contribution is 0.354. The van der Waals surface area contributed by atoms with E-state index in [-0.39, 0.29) is 12.4 Å². The minimum Gasteiger partial charge on any atom is -0.493 e. The fraction of sp³-hybridized carbons (Fsp3) is 0.286. The van der Waals surface area contributed by atoms with Crippen molar-refractivity contribution in [1.82, 2.24) is 9.97 Å². The highest BCUT2D eigenvalue weighted by atomic mass is 35.5. The Morgan fingerprint density at radius 2 is 1.90 bits per heavy atom. The molecule has 0 aliphatic carbocycles. The van der Waals surface area contributed by atoms with Crippen molar-refractivity contribution in [3.05, 3.63) is 42.4 Å². The molecule has 0 aliphatic heterocycles. The van der Waals surface area contributed by atoms with Crippen LogP contribution in [-0.2, 0) is 6.42 Å². The maximum absolute atomic E-state index is 5.28. The molecule has 0 fully saturated rings. The van der Waals surface area contributed by atoms with Crippen LogP contribution in [0.4, 0.5) is 5.82 Å². The molecule has 1 N–H and O–H groups in total. The van der Waals surface area contributed by atoms with E-state index in [4.69, 9.17) is 9.47 Å². The van der Waals surface area contributed by atoms with Gasteiger partial charge in [0, 0.05) is 12.7 Å². The molecule has 0 spiro atoms. The van der Waals surface area contributed by atoms with Gasteiger partial charge in [0.05, 0.1) is 14.2 Å². The minimum atomic E-state index is 0. The van der Waals surface area contributed by atoms with Gasteiger partial charge in [-0.15, -0.1) is 12.4 Å². The summed E-state index contributed by atoms with van der Waals surface area (Å²) in [5.74, 6) is 2.33. The van der Waals surface area contributed by atoms with E-state index in [0.29, 0.717) is 0 Å². The summed E-state index contributed by atoms with van der Waals surface area (Å²) in [6.07, 6.45) is 4.12. The number of rotatable bonds is 6. The van der Waals surface area contributed by atoms with Crippen molar-refractivity contribution in [2.45, 2.75) is 6.42 Å². The number of methoxy groups -OCH3 is 2. The molecule has 0 radical (unpaired) electrons. The highest BCUT2D eigenvalue weighted by Gasteiger charge is 2.04. The summed E-state index contributed by atoms with van der Waals surface area (Å²) < 4.78 is 10.5. The van der Waals surface area contributed by atoms with E-state index in [1.807, 2.05) is 24.3 Å². The van der Waals surface area contributed by atoms with E-state index in [2.05, 4.69) is 15.3 Å². The third-order valence-corrected chi connectivity index (χ3v) is 2.75. The standard InChI is InChI=1S/C14H17N3O2.ClH/c1-18-12-4-3-11(9-13(12)19-2)5-8-16-14-6-7-15-10-17-14;/h3-4,6-7,9-10H,5,8H2,1-2H3,(H,15,16,17);1H. The van der Waals surface area contributed by atoms with Crippen LogP contribution in [0.3, 0.4) is 0 Å². The van der Waals surface area contributed by atoms with Gasteiger partial charge in [0.25, 0.3) is 0 Å². The van der Waals surface area contributed by atoms with Crippen LogP contribution in [0.1, 0.15) is 5.56 Å². The smallest absolute Gasteiger partial charge is 0.160 e. The molecule has 2 rings (SSSR count). The Balaban J connectivity index is 0.00000200. The second-order valence-corrected chi connectivity index (χ2v) is 3.96. The zero-order chi connectivity index (χ0) is 13.5. The molecule has 0 saturated heterocycles. The van der Waals surface area contributed by atoms with Crippen molar-refractivity contribution in [2.24, 2.45) is 0 Å². The topological polar surface area (TPSA) is 56.3 Å². The van der Waals surface area contributed by atoms with E-state index >= 15 is 0 Å². The number of benzene rings is 1. The van der Waals surface area contributed by atoms with Gasteiger partial charge >= 0.3 is 0 Å². The maximum Gasteiger partial charge on any atom is 0.160 e. The Labute approximate surface area is 124 Å². The van der Waals surface area contributed by atoms with Crippen molar-refractivity contribution >= 4 is 18.2 Å². The zero-order valence-corrected chi connectivity index (χ0v) is 12.3. The largest absolute Gasteiger partial charge is 0.493 e. The lowest BCUT2D eigenvalue weighted by atomic mass is 10.1. The summed E-state index contributed by atoms with van der Waals surface area (Å²) in [7, 11) is 3.27. The number of ether oxygens (including phenoxy) is 2. The fourth-order valence-corrected chi connectivity index (χ4v) is 1.77. The molecule has 0 bridgehead atoms. The normalized spacial score (nSPS) is 9.50. The summed E-state index contributed by atoms with van der Waals surface area (Å²) in [4.78, 5) is 7.98. The van der Waals surface area contributed by atoms with Gasteiger partial charge in [-0.3, -0.25) is 0 Å². The molecule has 20 heavy (non-hydrogen) atoms. The number of hydrogen-bond donors (Lipinski definition) is 1. The number of nitrogens with zero attached hydrogens (tertiary/aromatic N) is 2. The van der Waals surface area contributed by atoms with Crippen LogP contribution in [0.25, 0.3) is 0 Å². The van der Waals surface area contributed by atoms with Gasteiger partial charge in [-0.1, -0.05) is 6.07 Å². The first-order valence-corrected chi connectivity index (χ1v) is 6.04. The van der Waals surface area contributed by atoms with Crippen molar-refractivity contribution in [3.63, 3.8) is 0 Å². The van der Waals surface area contributed by atoms with E-state index in [9.17, 15) is 0 Å². The summed E-state index contributed by atoms with van der Waals surface area (Å²) in [5.41, 5.74) is 1.18. The first-order chi connectivity index (χ1) is 9.33. The van der Waals surface area contributed by atoms with Crippen LogP contribution in [0.5, 0.6) is 11.5 Å². The summed E-state index contributed by atoms with van der Waals surface area (Å²) in [5, 5.41) is 3.24. The second kappa shape index (κ2) is 8.22. The Hall–Kier alpha value is -2.01. The molecule has 0 aliphatic rings. The van der Waals surface area contributed by atoms with Crippen LogP contribution in [0, 0.1) is 0 Å². The molecule has 0 unspecified atom stereocenters. The average Bonchev–Trinajstić information content (AvgIpc) is 2.48. The highest BCUT2D eigenvalue weighted by Crippen LogP contribution is 2.27. The van der Waals surface area contributed by atoms with Crippen LogP contribution in [-0.4, -0.2) is 30.7 Å². The SMILES string of the molecule is COc1ccc(CCNc2ccncn2)cc1OC.Cl. The molecular formula is C14H18ClN3O2. The molecule has 2 aromatic rings. The molecule has 5 nitrogen and oxygen atoms in total. The average molecular weight is 296 g/mol. The van der Waals surface area contributed by atoms with Crippen molar-refractivity contribution in [2.75, 3.05) is 26.1 Å². The van der Waals surface area contributed by atoms with E-state index in [1.165, 1.54) is 11.9 Å². The Morgan fingerprint density at radius 1 is 1.10 bits per heavy atom. The summed E-state index contributed by atoms with van der Waals surface area (Å²) >= 11 is 0. The number of hydrogen-bond acceptors (Lipinski definition) is 5. The molecule has 1 aromatic heterocycles. The number of nitrogens with one attached hydrogen (secondary N) is 1. The molecule has 0 amide bonds. The van der Waals surface area contributed by atoms with Gasteiger partial charge in [0.1, 0.15) is 12.1 Å². The lowest BCUT2D eigenvalue weighted by Gasteiger charge is -2.10. The van der Waals surface area contributed by atoms with Crippen molar-refractivity contribution in [1.29, 1.82) is 0 Å². The van der Waals surface area contributed by atoms with Gasteiger partial charge in [0.2, 0.25) is 0 Å². The fourth-order valence-electron chi connectivity index (χ4n) is 1.77. The van der Waals surface area contributed by atoms with Gasteiger partial charge in [-0.25, -0.2) is 9.97 Å². The molecule has 1 heterocycles. The molecule has 0 saturated carbocycles. The quantitative estimate of drug-likeness (QED) is 0.887. The van der Waals surface area contributed by atoms with Crippen molar-refractivity contribution < 1.29 is 9.47 Å². The van der Waals surface area contributed by atoms with Crippen molar-refractivity contribution in [3.8, 4) is 11.5 Å². The second-order valence-electron chi connectivity index (χ2n) is 3.96. The Bertz CT molecular complexity index is 523. The first kappa shape index (κ1) is 16.0. The van der Waals surface area contributed by atoms with Crippen LogP contribution in [0.2, 0.25) is 0 Å². The molecule has 6 heteroatoms. The van der Waals surface area contributed by atoms with E-state index in [1.54, 1.807) is 20.4 Å². The minimum absolute atomic E-state index is 0. The number of aromatic nitrogens is 2. The van der Waals surface area contributed by atoms with E-state index in [0.717, 1.165) is 30.3 Å². The molecule has 108 valence electrons. The van der Waals surface area contributed by atoms with Gasteiger partial charge in [-0.05, 0) is 30.2 Å². The zero-order valence-electron chi connectivity index (χ0n) is 11.5. The Kier molecular flexibility index (Phi) is 6.59. The molecule has 0 atom stereocenters. The third kappa shape index (κ3) is 4.28. The van der Waals surface area contributed by atoms with Gasteiger partial charge in [0.15, 0.2) is 11.5 Å². The summed E-state index contributed by atoms with van der Waals surface area (Å²) in [6.45, 7) is 0.798. The number of anilines is 1. The first-order valence-electron chi connectivity index (χ1n) is 6.04. The van der Waals surface area contributed by atoms with Crippen LogP contribution >= 0.6 is 12.4 Å². The Morgan fingerprint density at radius 3 is 2.55 bits per heavy atom. The lowest BCUT2D eigenvalue weighted by Crippen LogP contribution is -2.06. The number of halogens is 1. The predicted molar refractivity (Wildman–Crippen MR) is 81.0 cm³/mol. The van der Waals surface area contributed by atoms with Gasteiger partial charge < -0.3 is 14.8 Å². The predicted octanol–water partition coefficient (Wildman–Crippen LogP) is 2.57. The maximum atomic E-state index is 5.28. The molecule has 1 aromatic carbocycles. The molecular weight excluding hydrogens is 278 g/mol.